The molecule has 0 aliphatic carbocycles. The second-order valence-electron chi connectivity index (χ2n) is 4.70. The topological polar surface area (TPSA) is 45.2 Å². The largest absolute Gasteiger partial charge is 0.347 e. The zero-order valence-electron chi connectivity index (χ0n) is 10.8. The summed E-state index contributed by atoms with van der Waals surface area (Å²) in [5.74, 6) is -0.110. The number of benzene rings is 1. The number of nitrogens with zero attached hydrogens (tertiary/aromatic N) is 2. The molecule has 1 aliphatic heterocycles. The van der Waals surface area contributed by atoms with E-state index < -0.39 is 0 Å². The molecule has 1 N–H and O–H groups in total. The summed E-state index contributed by atoms with van der Waals surface area (Å²) in [5.41, 5.74) is 0.530. The van der Waals surface area contributed by atoms with E-state index in [4.69, 9.17) is 11.6 Å². The summed E-state index contributed by atoms with van der Waals surface area (Å²) in [4.78, 5) is 18.7. The Bertz CT molecular complexity index is 602. The van der Waals surface area contributed by atoms with Gasteiger partial charge in [0.1, 0.15) is 0 Å². The maximum absolute atomic E-state index is 12.2. The SMILES string of the molecule is O=C(NC1CCN(c2nccs2)C1)c1ccccc1Cl. The van der Waals surface area contributed by atoms with Crippen molar-refractivity contribution in [3.8, 4) is 0 Å². The van der Waals surface area contributed by atoms with Gasteiger partial charge in [0, 0.05) is 30.7 Å². The van der Waals surface area contributed by atoms with Gasteiger partial charge in [-0.05, 0) is 18.6 Å². The highest BCUT2D eigenvalue weighted by Gasteiger charge is 2.26. The van der Waals surface area contributed by atoms with Crippen LogP contribution in [0.25, 0.3) is 0 Å². The van der Waals surface area contributed by atoms with E-state index in [1.54, 1.807) is 29.7 Å². The van der Waals surface area contributed by atoms with Crippen molar-refractivity contribution in [2.24, 2.45) is 0 Å². The van der Waals surface area contributed by atoms with Crippen LogP contribution in [0.2, 0.25) is 5.02 Å². The van der Waals surface area contributed by atoms with Crippen molar-refractivity contribution in [3.05, 3.63) is 46.4 Å². The van der Waals surface area contributed by atoms with Gasteiger partial charge in [0.2, 0.25) is 0 Å². The first kappa shape index (κ1) is 13.4. The minimum atomic E-state index is -0.110. The molecule has 1 unspecified atom stereocenters. The fourth-order valence-corrected chi connectivity index (χ4v) is 3.23. The first-order chi connectivity index (χ1) is 9.74. The molecular formula is C14H14ClN3OS. The number of carbonyl (C=O) groups is 1. The highest BCUT2D eigenvalue weighted by atomic mass is 35.5. The molecule has 2 heterocycles. The molecule has 1 fully saturated rings. The molecule has 1 amide bonds. The Balaban J connectivity index is 1.62. The zero-order chi connectivity index (χ0) is 13.9. The number of amides is 1. The fraction of sp³-hybridized carbons (Fsp3) is 0.286. The van der Waals surface area contributed by atoms with Gasteiger partial charge < -0.3 is 10.2 Å². The van der Waals surface area contributed by atoms with Gasteiger partial charge in [0.15, 0.2) is 5.13 Å². The monoisotopic (exact) mass is 307 g/mol. The number of anilines is 1. The Morgan fingerprint density at radius 1 is 1.45 bits per heavy atom. The number of nitrogens with one attached hydrogen (secondary N) is 1. The quantitative estimate of drug-likeness (QED) is 0.948. The Hall–Kier alpha value is -1.59. The highest BCUT2D eigenvalue weighted by molar-refractivity contribution is 7.13. The molecule has 4 nitrogen and oxygen atoms in total. The summed E-state index contributed by atoms with van der Waals surface area (Å²) in [6.45, 7) is 1.71. The van der Waals surface area contributed by atoms with E-state index in [2.05, 4.69) is 15.2 Å². The van der Waals surface area contributed by atoms with Gasteiger partial charge in [-0.2, -0.15) is 0 Å². The second-order valence-corrected chi connectivity index (χ2v) is 5.98. The average molecular weight is 308 g/mol. The van der Waals surface area contributed by atoms with Crippen molar-refractivity contribution >= 4 is 34.0 Å². The van der Waals surface area contributed by atoms with Crippen LogP contribution in [0.5, 0.6) is 0 Å². The lowest BCUT2D eigenvalue weighted by Crippen LogP contribution is -2.37. The van der Waals surface area contributed by atoms with Crippen LogP contribution in [0.15, 0.2) is 35.8 Å². The van der Waals surface area contributed by atoms with Crippen LogP contribution in [-0.2, 0) is 0 Å². The number of hydrogen-bond donors (Lipinski definition) is 1. The lowest BCUT2D eigenvalue weighted by atomic mass is 10.2. The maximum atomic E-state index is 12.2. The molecular weight excluding hydrogens is 294 g/mol. The molecule has 1 aliphatic rings. The van der Waals surface area contributed by atoms with Crippen molar-refractivity contribution in [2.75, 3.05) is 18.0 Å². The number of rotatable bonds is 3. The van der Waals surface area contributed by atoms with E-state index >= 15 is 0 Å². The van der Waals surface area contributed by atoms with Crippen molar-refractivity contribution < 1.29 is 4.79 Å². The summed E-state index contributed by atoms with van der Waals surface area (Å²) in [7, 11) is 0. The smallest absolute Gasteiger partial charge is 0.253 e. The predicted molar refractivity (Wildman–Crippen MR) is 81.7 cm³/mol. The molecule has 3 rings (SSSR count). The third kappa shape index (κ3) is 2.78. The van der Waals surface area contributed by atoms with Crippen LogP contribution < -0.4 is 10.2 Å². The molecule has 20 heavy (non-hydrogen) atoms. The number of halogens is 1. The number of thiazole rings is 1. The van der Waals surface area contributed by atoms with Crippen LogP contribution in [-0.4, -0.2) is 30.0 Å². The molecule has 104 valence electrons. The predicted octanol–water partition coefficient (Wildman–Crippen LogP) is 2.81. The molecule has 0 saturated carbocycles. The normalized spacial score (nSPS) is 18.2. The van der Waals surface area contributed by atoms with Gasteiger partial charge in [0.25, 0.3) is 5.91 Å². The van der Waals surface area contributed by atoms with Gasteiger partial charge in [-0.15, -0.1) is 11.3 Å². The molecule has 0 radical (unpaired) electrons. The first-order valence-corrected chi connectivity index (χ1v) is 7.69. The van der Waals surface area contributed by atoms with Gasteiger partial charge in [-0.1, -0.05) is 23.7 Å². The highest BCUT2D eigenvalue weighted by Crippen LogP contribution is 2.23. The van der Waals surface area contributed by atoms with Crippen LogP contribution in [0.4, 0.5) is 5.13 Å². The summed E-state index contributed by atoms with van der Waals surface area (Å²) in [5, 5.41) is 6.50. The average Bonchev–Trinajstić information content (AvgIpc) is 3.09. The number of aromatic nitrogens is 1. The van der Waals surface area contributed by atoms with E-state index in [1.165, 1.54) is 0 Å². The lowest BCUT2D eigenvalue weighted by Gasteiger charge is -2.16. The van der Waals surface area contributed by atoms with Crippen molar-refractivity contribution in [1.29, 1.82) is 0 Å². The van der Waals surface area contributed by atoms with Crippen LogP contribution >= 0.6 is 22.9 Å². The minimum absolute atomic E-state index is 0.110. The summed E-state index contributed by atoms with van der Waals surface area (Å²) < 4.78 is 0. The van der Waals surface area contributed by atoms with E-state index in [1.807, 2.05) is 17.5 Å². The minimum Gasteiger partial charge on any atom is -0.347 e. The van der Waals surface area contributed by atoms with Gasteiger partial charge in [-0.25, -0.2) is 4.98 Å². The molecule has 2 aromatic rings. The zero-order valence-corrected chi connectivity index (χ0v) is 12.3. The maximum Gasteiger partial charge on any atom is 0.253 e. The molecule has 0 bridgehead atoms. The molecule has 1 atom stereocenters. The van der Waals surface area contributed by atoms with Crippen molar-refractivity contribution in [3.63, 3.8) is 0 Å². The Kier molecular flexibility index (Phi) is 3.89. The second kappa shape index (κ2) is 5.81. The Labute approximate surface area is 126 Å². The van der Waals surface area contributed by atoms with Gasteiger partial charge in [0.05, 0.1) is 10.6 Å². The van der Waals surface area contributed by atoms with Crippen molar-refractivity contribution in [2.45, 2.75) is 12.5 Å². The van der Waals surface area contributed by atoms with Gasteiger partial charge >= 0.3 is 0 Å². The molecule has 0 spiro atoms. The van der Waals surface area contributed by atoms with E-state index in [0.717, 1.165) is 24.6 Å². The number of hydrogen-bond acceptors (Lipinski definition) is 4. The van der Waals surface area contributed by atoms with E-state index in [0.29, 0.717) is 10.6 Å². The van der Waals surface area contributed by atoms with Crippen LogP contribution in [0, 0.1) is 0 Å². The molecule has 1 aromatic heterocycles. The molecule has 1 saturated heterocycles. The van der Waals surface area contributed by atoms with Crippen LogP contribution in [0.3, 0.4) is 0 Å². The molecule has 1 aromatic carbocycles. The number of carbonyl (C=O) groups excluding carboxylic acids is 1. The van der Waals surface area contributed by atoms with E-state index in [-0.39, 0.29) is 11.9 Å². The Morgan fingerprint density at radius 3 is 3.05 bits per heavy atom. The summed E-state index contributed by atoms with van der Waals surface area (Å²) in [6.07, 6.45) is 2.73. The summed E-state index contributed by atoms with van der Waals surface area (Å²) >= 11 is 7.66. The standard InChI is InChI=1S/C14H14ClN3OS/c15-12-4-2-1-3-11(12)13(19)17-10-5-7-18(9-10)14-16-6-8-20-14/h1-4,6,8,10H,5,7,9H2,(H,17,19). The summed E-state index contributed by atoms with van der Waals surface area (Å²) in [6, 6.07) is 7.25. The van der Waals surface area contributed by atoms with Crippen LogP contribution in [0.1, 0.15) is 16.8 Å². The Morgan fingerprint density at radius 2 is 2.30 bits per heavy atom. The van der Waals surface area contributed by atoms with Gasteiger partial charge in [-0.3, -0.25) is 4.79 Å². The van der Waals surface area contributed by atoms with E-state index in [9.17, 15) is 4.79 Å². The molecule has 6 heteroatoms. The fourth-order valence-electron chi connectivity index (χ4n) is 2.33. The lowest BCUT2D eigenvalue weighted by molar-refractivity contribution is 0.0940. The third-order valence-electron chi connectivity index (χ3n) is 3.33. The first-order valence-electron chi connectivity index (χ1n) is 6.44. The van der Waals surface area contributed by atoms with Crippen molar-refractivity contribution in [1.82, 2.24) is 10.3 Å². The third-order valence-corrected chi connectivity index (χ3v) is 4.49.